The molecule has 0 unspecified atom stereocenters. The Bertz CT molecular complexity index is 1130. The first-order valence-corrected chi connectivity index (χ1v) is 12.3. The van der Waals surface area contributed by atoms with Crippen LogP contribution in [-0.2, 0) is 5.75 Å². The number of rotatable bonds is 2. The zero-order valence-electron chi connectivity index (χ0n) is 17.1. The highest BCUT2D eigenvalue weighted by molar-refractivity contribution is 7.98. The number of piperazine rings is 1. The van der Waals surface area contributed by atoms with Crippen LogP contribution in [0, 0.1) is 13.8 Å². The van der Waals surface area contributed by atoms with Crippen molar-refractivity contribution in [3.8, 4) is 10.4 Å². The highest BCUT2D eigenvalue weighted by Crippen LogP contribution is 2.46. The Balaban J connectivity index is 1.32. The van der Waals surface area contributed by atoms with E-state index >= 15 is 0 Å². The number of anilines is 1. The zero-order chi connectivity index (χ0) is 20.8. The third-order valence-corrected chi connectivity index (χ3v) is 8.40. The molecule has 1 saturated heterocycles. The topological polar surface area (TPSA) is 23.6 Å². The molecule has 1 amide bonds. The maximum atomic E-state index is 13.2. The first kappa shape index (κ1) is 20.0. The summed E-state index contributed by atoms with van der Waals surface area (Å²) in [6.07, 6.45) is 0. The molecule has 2 aliphatic heterocycles. The van der Waals surface area contributed by atoms with Gasteiger partial charge in [-0.15, -0.1) is 23.1 Å². The number of nitrogens with zero attached hydrogens (tertiary/aromatic N) is 2. The number of carbonyl (C=O) groups is 1. The second-order valence-corrected chi connectivity index (χ2v) is 10.5. The molecule has 154 valence electrons. The standard InChI is InChI=1S/C24H23ClN2OS2/c1-15-3-4-16(2)20(11-15)26-7-9-27(10-8-26)24(28)22-12-17-14-29-21-13-18(25)5-6-19(21)23(17)30-22/h3-6,11-13H,7-10,14H2,1-2H3. The first-order valence-electron chi connectivity index (χ1n) is 10.2. The molecule has 0 saturated carbocycles. The van der Waals surface area contributed by atoms with Crippen molar-refractivity contribution in [3.05, 3.63) is 69.1 Å². The Morgan fingerprint density at radius 3 is 2.60 bits per heavy atom. The summed E-state index contributed by atoms with van der Waals surface area (Å²) in [7, 11) is 0. The molecule has 3 aromatic rings. The van der Waals surface area contributed by atoms with Crippen LogP contribution < -0.4 is 4.90 Å². The molecule has 0 atom stereocenters. The molecular formula is C24H23ClN2OS2. The van der Waals surface area contributed by atoms with Crippen LogP contribution in [0.2, 0.25) is 5.02 Å². The van der Waals surface area contributed by atoms with Crippen molar-refractivity contribution >= 4 is 46.3 Å². The van der Waals surface area contributed by atoms with Crippen molar-refractivity contribution < 1.29 is 4.79 Å². The van der Waals surface area contributed by atoms with E-state index in [1.54, 1.807) is 23.1 Å². The summed E-state index contributed by atoms with van der Waals surface area (Å²) in [6, 6.07) is 14.7. The Kier molecular flexibility index (Phi) is 5.30. The van der Waals surface area contributed by atoms with Gasteiger partial charge < -0.3 is 9.80 Å². The summed E-state index contributed by atoms with van der Waals surface area (Å²) in [4.78, 5) is 20.9. The van der Waals surface area contributed by atoms with Crippen LogP contribution in [0.4, 0.5) is 5.69 Å². The number of carbonyl (C=O) groups excluding carboxylic acids is 1. The van der Waals surface area contributed by atoms with Crippen molar-refractivity contribution in [1.29, 1.82) is 0 Å². The number of thioether (sulfide) groups is 1. The van der Waals surface area contributed by atoms with E-state index < -0.39 is 0 Å². The minimum Gasteiger partial charge on any atom is -0.368 e. The summed E-state index contributed by atoms with van der Waals surface area (Å²) in [5, 5.41) is 0.763. The average Bonchev–Trinajstić information content (AvgIpc) is 3.19. The summed E-state index contributed by atoms with van der Waals surface area (Å²) >= 11 is 9.58. The molecule has 2 aliphatic rings. The number of benzene rings is 2. The van der Waals surface area contributed by atoms with Crippen LogP contribution in [0.1, 0.15) is 26.4 Å². The smallest absolute Gasteiger partial charge is 0.264 e. The largest absolute Gasteiger partial charge is 0.368 e. The predicted molar refractivity (Wildman–Crippen MR) is 128 cm³/mol. The SMILES string of the molecule is Cc1ccc(C)c(N2CCN(C(=O)c3cc4c(s3)-c3ccc(Cl)cc3SC4)CC2)c1. The molecule has 30 heavy (non-hydrogen) atoms. The van der Waals surface area contributed by atoms with Gasteiger partial charge in [0.05, 0.1) is 4.88 Å². The third kappa shape index (κ3) is 3.64. The van der Waals surface area contributed by atoms with E-state index in [2.05, 4.69) is 49.1 Å². The average molecular weight is 455 g/mol. The molecule has 5 rings (SSSR count). The van der Waals surface area contributed by atoms with E-state index in [-0.39, 0.29) is 5.91 Å². The number of halogens is 1. The van der Waals surface area contributed by atoms with E-state index in [9.17, 15) is 4.79 Å². The number of amides is 1. The molecule has 0 spiro atoms. The van der Waals surface area contributed by atoms with Gasteiger partial charge in [-0.05, 0) is 54.8 Å². The Morgan fingerprint density at radius 1 is 1.00 bits per heavy atom. The normalized spacial score (nSPS) is 15.7. The van der Waals surface area contributed by atoms with Gasteiger partial charge in [0, 0.05) is 58.0 Å². The van der Waals surface area contributed by atoms with E-state index in [1.165, 1.54) is 37.7 Å². The number of hydrogen-bond donors (Lipinski definition) is 0. The molecule has 0 radical (unpaired) electrons. The Hall–Kier alpha value is -1.95. The van der Waals surface area contributed by atoms with Crippen molar-refractivity contribution in [1.82, 2.24) is 4.90 Å². The van der Waals surface area contributed by atoms with Crippen LogP contribution in [0.15, 0.2) is 47.4 Å². The minimum absolute atomic E-state index is 0.163. The number of aryl methyl sites for hydroxylation is 2. The molecule has 2 aromatic carbocycles. The molecule has 1 fully saturated rings. The van der Waals surface area contributed by atoms with Crippen molar-refractivity contribution in [2.75, 3.05) is 31.1 Å². The Labute approximate surface area is 190 Å². The van der Waals surface area contributed by atoms with Gasteiger partial charge in [-0.25, -0.2) is 0 Å². The van der Waals surface area contributed by atoms with E-state index in [0.717, 1.165) is 41.8 Å². The first-order chi connectivity index (χ1) is 14.5. The van der Waals surface area contributed by atoms with Crippen molar-refractivity contribution in [2.45, 2.75) is 24.5 Å². The van der Waals surface area contributed by atoms with E-state index in [4.69, 9.17) is 11.6 Å². The second kappa shape index (κ2) is 7.95. The van der Waals surface area contributed by atoms with Crippen LogP contribution in [-0.4, -0.2) is 37.0 Å². The fraction of sp³-hybridized carbons (Fsp3) is 0.292. The van der Waals surface area contributed by atoms with Gasteiger partial charge >= 0.3 is 0 Å². The van der Waals surface area contributed by atoms with Gasteiger partial charge in [0.2, 0.25) is 0 Å². The summed E-state index contributed by atoms with van der Waals surface area (Å²) < 4.78 is 0. The van der Waals surface area contributed by atoms with Gasteiger partial charge in [-0.1, -0.05) is 29.8 Å². The molecule has 6 heteroatoms. The third-order valence-electron chi connectivity index (χ3n) is 5.86. The number of thiophene rings is 1. The lowest BCUT2D eigenvalue weighted by Gasteiger charge is -2.36. The lowest BCUT2D eigenvalue weighted by atomic mass is 10.1. The quantitative estimate of drug-likeness (QED) is 0.457. The van der Waals surface area contributed by atoms with Crippen LogP contribution >= 0.6 is 34.7 Å². The predicted octanol–water partition coefficient (Wildman–Crippen LogP) is 6.25. The highest BCUT2D eigenvalue weighted by Gasteiger charge is 2.27. The van der Waals surface area contributed by atoms with Gasteiger partial charge in [0.1, 0.15) is 0 Å². The van der Waals surface area contributed by atoms with Gasteiger partial charge in [-0.2, -0.15) is 0 Å². The molecular weight excluding hydrogens is 432 g/mol. The lowest BCUT2D eigenvalue weighted by molar-refractivity contribution is 0.0751. The lowest BCUT2D eigenvalue weighted by Crippen LogP contribution is -2.48. The van der Waals surface area contributed by atoms with Crippen molar-refractivity contribution in [2.24, 2.45) is 0 Å². The summed E-state index contributed by atoms with van der Waals surface area (Å²) in [5.74, 6) is 1.06. The second-order valence-electron chi connectivity index (χ2n) is 7.96. The molecule has 0 N–H and O–H groups in total. The molecule has 3 heterocycles. The maximum Gasteiger partial charge on any atom is 0.264 e. The van der Waals surface area contributed by atoms with Crippen molar-refractivity contribution in [3.63, 3.8) is 0 Å². The van der Waals surface area contributed by atoms with E-state index in [0.29, 0.717) is 0 Å². The fourth-order valence-electron chi connectivity index (χ4n) is 4.19. The van der Waals surface area contributed by atoms with E-state index in [1.807, 2.05) is 17.0 Å². The molecule has 0 bridgehead atoms. The monoisotopic (exact) mass is 454 g/mol. The fourth-order valence-corrected chi connectivity index (χ4v) is 6.85. The van der Waals surface area contributed by atoms with Crippen LogP contribution in [0.3, 0.4) is 0 Å². The molecule has 0 aliphatic carbocycles. The zero-order valence-corrected chi connectivity index (χ0v) is 19.5. The highest BCUT2D eigenvalue weighted by atomic mass is 35.5. The van der Waals surface area contributed by atoms with Crippen LogP contribution in [0.25, 0.3) is 10.4 Å². The van der Waals surface area contributed by atoms with Gasteiger partial charge in [0.25, 0.3) is 5.91 Å². The van der Waals surface area contributed by atoms with Gasteiger partial charge in [-0.3, -0.25) is 4.79 Å². The maximum absolute atomic E-state index is 13.2. The Morgan fingerprint density at radius 2 is 1.80 bits per heavy atom. The minimum atomic E-state index is 0.163. The summed E-state index contributed by atoms with van der Waals surface area (Å²) in [5.41, 5.74) is 6.33. The molecule has 3 nitrogen and oxygen atoms in total. The summed E-state index contributed by atoms with van der Waals surface area (Å²) in [6.45, 7) is 7.55. The number of fused-ring (bicyclic) bond motifs is 3. The number of hydrogen-bond acceptors (Lipinski definition) is 4. The van der Waals surface area contributed by atoms with Crippen LogP contribution in [0.5, 0.6) is 0 Å². The molecule has 1 aromatic heterocycles. The van der Waals surface area contributed by atoms with Gasteiger partial charge in [0.15, 0.2) is 0 Å².